The Labute approximate surface area is 153 Å². The number of aromatic nitrogens is 1. The Kier molecular flexibility index (Phi) is 5.97. The molecule has 0 bridgehead atoms. The summed E-state index contributed by atoms with van der Waals surface area (Å²) in [4.78, 5) is 36.7. The fraction of sp³-hybridized carbons (Fsp3) is 0.350. The number of hydrogen-bond acceptors (Lipinski definition) is 4. The van der Waals surface area contributed by atoms with E-state index in [1.165, 1.54) is 6.92 Å². The van der Waals surface area contributed by atoms with Gasteiger partial charge >= 0.3 is 5.97 Å². The van der Waals surface area contributed by atoms with E-state index in [1.54, 1.807) is 49.6 Å². The zero-order valence-corrected chi connectivity index (χ0v) is 15.8. The Hall–Kier alpha value is -2.89. The van der Waals surface area contributed by atoms with E-state index in [2.05, 4.69) is 5.32 Å². The maximum absolute atomic E-state index is 12.8. The molecule has 1 aromatic heterocycles. The molecular formula is C20H24N2O4. The topological polar surface area (TPSA) is 77.4 Å². The molecule has 1 N–H and O–H groups in total. The third kappa shape index (κ3) is 3.69. The van der Waals surface area contributed by atoms with Crippen LogP contribution in [0.5, 0.6) is 0 Å². The van der Waals surface area contributed by atoms with Crippen molar-refractivity contribution in [2.45, 2.75) is 41.2 Å². The lowest BCUT2D eigenvalue weighted by atomic mass is 10.1. The third-order valence-electron chi connectivity index (χ3n) is 4.31. The Bertz CT molecular complexity index is 865. The number of nitrogens with zero attached hydrogens (tertiary/aromatic N) is 1. The smallest absolute Gasteiger partial charge is 0.355 e. The Morgan fingerprint density at radius 1 is 1.15 bits per heavy atom. The van der Waals surface area contributed by atoms with Crippen LogP contribution in [0.2, 0.25) is 0 Å². The molecule has 2 aromatic rings. The number of amides is 1. The molecule has 0 atom stereocenters. The molecule has 0 radical (unpaired) electrons. The highest BCUT2D eigenvalue weighted by Crippen LogP contribution is 2.24. The average molecular weight is 356 g/mol. The van der Waals surface area contributed by atoms with Crippen molar-refractivity contribution in [3.63, 3.8) is 0 Å². The summed E-state index contributed by atoms with van der Waals surface area (Å²) in [7, 11) is 0. The minimum atomic E-state index is -0.437. The van der Waals surface area contributed by atoms with Gasteiger partial charge in [0, 0.05) is 23.5 Å². The maximum Gasteiger partial charge on any atom is 0.355 e. The standard InChI is InChI=1S/C20H24N2O4/c1-6-22-13(4)17(12(3)18(22)20(25)26-7-2)19(24)21-16-10-8-9-15(11-16)14(5)23/h8-11H,6-7H2,1-5H3,(H,21,24). The normalized spacial score (nSPS) is 10.5. The molecule has 1 aromatic carbocycles. The van der Waals surface area contributed by atoms with E-state index >= 15 is 0 Å². The van der Waals surface area contributed by atoms with Gasteiger partial charge in [0.25, 0.3) is 5.91 Å². The van der Waals surface area contributed by atoms with Gasteiger partial charge in [-0.2, -0.15) is 0 Å². The highest BCUT2D eigenvalue weighted by molar-refractivity contribution is 6.08. The first-order valence-corrected chi connectivity index (χ1v) is 8.60. The molecule has 26 heavy (non-hydrogen) atoms. The molecule has 1 amide bonds. The minimum Gasteiger partial charge on any atom is -0.461 e. The number of ketones is 1. The molecule has 6 heteroatoms. The van der Waals surface area contributed by atoms with Gasteiger partial charge in [0.1, 0.15) is 5.69 Å². The second kappa shape index (κ2) is 7.99. The zero-order valence-electron chi connectivity index (χ0n) is 15.8. The predicted octanol–water partition coefficient (Wildman–Crippen LogP) is 3.76. The molecule has 138 valence electrons. The highest BCUT2D eigenvalue weighted by atomic mass is 16.5. The number of esters is 1. The quantitative estimate of drug-likeness (QED) is 0.631. The van der Waals surface area contributed by atoms with Crippen molar-refractivity contribution in [3.8, 4) is 0 Å². The van der Waals surface area contributed by atoms with E-state index in [0.717, 1.165) is 0 Å². The number of ether oxygens (including phenoxy) is 1. The largest absolute Gasteiger partial charge is 0.461 e. The number of rotatable bonds is 6. The first-order chi connectivity index (χ1) is 12.3. The van der Waals surface area contributed by atoms with Gasteiger partial charge in [-0.25, -0.2) is 4.79 Å². The van der Waals surface area contributed by atoms with Crippen LogP contribution in [-0.4, -0.2) is 28.8 Å². The monoisotopic (exact) mass is 356 g/mol. The molecular weight excluding hydrogens is 332 g/mol. The van der Waals surface area contributed by atoms with Crippen LogP contribution >= 0.6 is 0 Å². The van der Waals surface area contributed by atoms with Gasteiger partial charge in [-0.3, -0.25) is 9.59 Å². The zero-order chi connectivity index (χ0) is 19.4. The Balaban J connectivity index is 2.42. The number of hydrogen-bond donors (Lipinski definition) is 1. The van der Waals surface area contributed by atoms with E-state index in [4.69, 9.17) is 4.74 Å². The summed E-state index contributed by atoms with van der Waals surface area (Å²) in [6.45, 7) is 9.50. The van der Waals surface area contributed by atoms with Crippen molar-refractivity contribution in [3.05, 3.63) is 52.3 Å². The second-order valence-electron chi connectivity index (χ2n) is 5.99. The van der Waals surface area contributed by atoms with Crippen LogP contribution in [0, 0.1) is 13.8 Å². The number of Topliss-reactive ketones (excluding diaryl/α,β-unsaturated/α-hetero) is 1. The molecule has 0 saturated carbocycles. The van der Waals surface area contributed by atoms with Crippen LogP contribution in [0.25, 0.3) is 0 Å². The summed E-state index contributed by atoms with van der Waals surface area (Å²) in [5, 5.41) is 2.81. The molecule has 2 rings (SSSR count). The van der Waals surface area contributed by atoms with Gasteiger partial charge in [-0.1, -0.05) is 12.1 Å². The van der Waals surface area contributed by atoms with Crippen molar-refractivity contribution in [1.29, 1.82) is 0 Å². The van der Waals surface area contributed by atoms with Gasteiger partial charge in [0.05, 0.1) is 12.2 Å². The molecule has 0 aliphatic heterocycles. The van der Waals surface area contributed by atoms with Crippen LogP contribution in [0.4, 0.5) is 5.69 Å². The van der Waals surface area contributed by atoms with Crippen molar-refractivity contribution in [2.75, 3.05) is 11.9 Å². The van der Waals surface area contributed by atoms with Crippen LogP contribution in [0.1, 0.15) is 63.2 Å². The van der Waals surface area contributed by atoms with Crippen molar-refractivity contribution >= 4 is 23.3 Å². The van der Waals surface area contributed by atoms with Crippen LogP contribution in [0.15, 0.2) is 24.3 Å². The van der Waals surface area contributed by atoms with E-state index in [-0.39, 0.29) is 18.3 Å². The third-order valence-corrected chi connectivity index (χ3v) is 4.31. The molecule has 0 spiro atoms. The average Bonchev–Trinajstić information content (AvgIpc) is 2.85. The van der Waals surface area contributed by atoms with E-state index in [0.29, 0.717) is 40.3 Å². The van der Waals surface area contributed by atoms with Gasteiger partial charge in [0.2, 0.25) is 0 Å². The number of anilines is 1. The summed E-state index contributed by atoms with van der Waals surface area (Å²) < 4.78 is 6.92. The van der Waals surface area contributed by atoms with Gasteiger partial charge in [-0.05, 0) is 52.3 Å². The summed E-state index contributed by atoms with van der Waals surface area (Å²) in [5.41, 5.74) is 3.19. The van der Waals surface area contributed by atoms with Crippen molar-refractivity contribution in [1.82, 2.24) is 4.57 Å². The number of nitrogens with one attached hydrogen (secondary N) is 1. The van der Waals surface area contributed by atoms with E-state index in [1.807, 2.05) is 6.92 Å². The van der Waals surface area contributed by atoms with Crippen molar-refractivity contribution in [2.24, 2.45) is 0 Å². The summed E-state index contributed by atoms with van der Waals surface area (Å²) in [6.07, 6.45) is 0. The molecule has 1 heterocycles. The summed E-state index contributed by atoms with van der Waals surface area (Å²) in [6, 6.07) is 6.76. The molecule has 0 aliphatic carbocycles. The predicted molar refractivity (Wildman–Crippen MR) is 99.9 cm³/mol. The van der Waals surface area contributed by atoms with Gasteiger partial charge in [0.15, 0.2) is 5.78 Å². The molecule has 0 unspecified atom stereocenters. The lowest BCUT2D eigenvalue weighted by molar-refractivity contribution is 0.0512. The number of benzene rings is 1. The fourth-order valence-electron chi connectivity index (χ4n) is 3.10. The molecule has 6 nitrogen and oxygen atoms in total. The minimum absolute atomic E-state index is 0.0739. The Morgan fingerprint density at radius 3 is 2.42 bits per heavy atom. The first kappa shape index (κ1) is 19.4. The van der Waals surface area contributed by atoms with Gasteiger partial charge in [-0.15, -0.1) is 0 Å². The lowest BCUT2D eigenvalue weighted by Gasteiger charge is -2.08. The number of carbonyl (C=O) groups is 3. The second-order valence-corrected chi connectivity index (χ2v) is 5.99. The fourth-order valence-corrected chi connectivity index (χ4v) is 3.10. The molecule has 0 saturated heterocycles. The maximum atomic E-state index is 12.8. The van der Waals surface area contributed by atoms with Crippen LogP contribution in [0.3, 0.4) is 0 Å². The highest BCUT2D eigenvalue weighted by Gasteiger charge is 2.26. The van der Waals surface area contributed by atoms with Crippen LogP contribution in [-0.2, 0) is 11.3 Å². The SMILES string of the molecule is CCOC(=O)c1c(C)c(C(=O)Nc2cccc(C(C)=O)c2)c(C)n1CC. The lowest BCUT2D eigenvalue weighted by Crippen LogP contribution is -2.14. The summed E-state index contributed by atoms with van der Waals surface area (Å²) >= 11 is 0. The molecule has 0 aliphatic rings. The first-order valence-electron chi connectivity index (χ1n) is 8.60. The molecule has 0 fully saturated rings. The summed E-state index contributed by atoms with van der Waals surface area (Å²) in [5.74, 6) is -0.832. The van der Waals surface area contributed by atoms with Gasteiger partial charge < -0.3 is 14.6 Å². The van der Waals surface area contributed by atoms with E-state index < -0.39 is 5.97 Å². The van der Waals surface area contributed by atoms with Crippen LogP contribution < -0.4 is 5.32 Å². The Morgan fingerprint density at radius 2 is 1.85 bits per heavy atom. The number of carbonyl (C=O) groups excluding carboxylic acids is 3. The van der Waals surface area contributed by atoms with Crippen molar-refractivity contribution < 1.29 is 19.1 Å². The van der Waals surface area contributed by atoms with E-state index in [9.17, 15) is 14.4 Å².